The number of imidazole rings is 1. The standard InChI is InChI=1S/C10H8Cl2N2S/c1-6(11)5-14-9-3-2-7(12)4-8(9)13-10(14)15/h2-4H,1,5H2,(H,13,15). The van der Waals surface area contributed by atoms with Crippen LogP contribution < -0.4 is 0 Å². The predicted octanol–water partition coefficient (Wildman–Crippen LogP) is 4.10. The third kappa shape index (κ3) is 2.09. The molecule has 0 unspecified atom stereocenters. The van der Waals surface area contributed by atoms with Crippen molar-refractivity contribution in [2.24, 2.45) is 0 Å². The van der Waals surface area contributed by atoms with Crippen molar-refractivity contribution in [3.8, 4) is 0 Å². The van der Waals surface area contributed by atoms with Crippen LogP contribution in [0.5, 0.6) is 0 Å². The molecule has 0 aliphatic carbocycles. The monoisotopic (exact) mass is 258 g/mol. The zero-order valence-electron chi connectivity index (χ0n) is 7.76. The second-order valence-corrected chi connectivity index (χ2v) is 4.55. The van der Waals surface area contributed by atoms with Gasteiger partial charge in [0.1, 0.15) is 0 Å². The van der Waals surface area contributed by atoms with Crippen LogP contribution in [0.2, 0.25) is 5.02 Å². The Morgan fingerprint density at radius 1 is 1.53 bits per heavy atom. The predicted molar refractivity (Wildman–Crippen MR) is 67.1 cm³/mol. The molecule has 1 heterocycles. The highest BCUT2D eigenvalue weighted by molar-refractivity contribution is 7.71. The van der Waals surface area contributed by atoms with E-state index in [0.29, 0.717) is 21.4 Å². The lowest BCUT2D eigenvalue weighted by atomic mass is 10.3. The Kier molecular flexibility index (Phi) is 2.87. The Balaban J connectivity index is 2.68. The molecule has 0 bridgehead atoms. The number of nitrogens with one attached hydrogen (secondary N) is 1. The summed E-state index contributed by atoms with van der Waals surface area (Å²) >= 11 is 16.8. The van der Waals surface area contributed by atoms with Crippen LogP contribution in [0.15, 0.2) is 29.8 Å². The van der Waals surface area contributed by atoms with E-state index in [4.69, 9.17) is 35.4 Å². The van der Waals surface area contributed by atoms with Gasteiger partial charge in [0.15, 0.2) is 4.77 Å². The van der Waals surface area contributed by atoms with Crippen LogP contribution in [-0.2, 0) is 6.54 Å². The molecule has 0 spiro atoms. The van der Waals surface area contributed by atoms with Crippen LogP contribution >= 0.6 is 35.4 Å². The number of benzene rings is 1. The summed E-state index contributed by atoms with van der Waals surface area (Å²) in [6, 6.07) is 5.56. The maximum Gasteiger partial charge on any atom is 0.178 e. The largest absolute Gasteiger partial charge is 0.331 e. The third-order valence-corrected chi connectivity index (χ3v) is 2.74. The third-order valence-electron chi connectivity index (χ3n) is 2.07. The van der Waals surface area contributed by atoms with Gasteiger partial charge in [-0.25, -0.2) is 0 Å². The number of aromatic nitrogens is 2. The summed E-state index contributed by atoms with van der Waals surface area (Å²) in [5.74, 6) is 0. The van der Waals surface area contributed by atoms with E-state index in [1.165, 1.54) is 0 Å². The molecule has 2 nitrogen and oxygen atoms in total. The quantitative estimate of drug-likeness (QED) is 0.805. The highest BCUT2D eigenvalue weighted by atomic mass is 35.5. The van der Waals surface area contributed by atoms with Gasteiger partial charge in [0.2, 0.25) is 0 Å². The molecule has 2 aromatic rings. The van der Waals surface area contributed by atoms with Crippen molar-refractivity contribution in [2.45, 2.75) is 6.54 Å². The molecule has 0 fully saturated rings. The highest BCUT2D eigenvalue weighted by Gasteiger charge is 2.04. The Hall–Kier alpha value is -0.770. The van der Waals surface area contributed by atoms with Gasteiger partial charge in [-0.1, -0.05) is 29.8 Å². The average molecular weight is 259 g/mol. The highest BCUT2D eigenvalue weighted by Crippen LogP contribution is 2.20. The topological polar surface area (TPSA) is 20.7 Å². The minimum absolute atomic E-state index is 0.502. The van der Waals surface area contributed by atoms with Crippen LogP contribution in [-0.4, -0.2) is 9.55 Å². The minimum atomic E-state index is 0.502. The van der Waals surface area contributed by atoms with E-state index < -0.39 is 0 Å². The molecular weight excluding hydrogens is 251 g/mol. The van der Waals surface area contributed by atoms with Crippen molar-refractivity contribution >= 4 is 46.5 Å². The molecule has 0 saturated heterocycles. The fourth-order valence-corrected chi connectivity index (χ4v) is 2.03. The lowest BCUT2D eigenvalue weighted by molar-refractivity contribution is 0.825. The van der Waals surface area contributed by atoms with Crippen LogP contribution in [0.3, 0.4) is 0 Å². The lowest BCUT2D eigenvalue weighted by Crippen LogP contribution is -1.96. The molecule has 78 valence electrons. The molecular formula is C10H8Cl2N2S. The summed E-state index contributed by atoms with van der Waals surface area (Å²) in [6.45, 7) is 4.16. The van der Waals surface area contributed by atoms with E-state index in [9.17, 15) is 0 Å². The Morgan fingerprint density at radius 3 is 2.93 bits per heavy atom. The molecule has 0 radical (unpaired) electrons. The molecule has 15 heavy (non-hydrogen) atoms. The van der Waals surface area contributed by atoms with Gasteiger partial charge in [-0.15, -0.1) is 0 Å². The number of nitrogens with zero attached hydrogens (tertiary/aromatic N) is 1. The van der Waals surface area contributed by atoms with Crippen LogP contribution in [0.4, 0.5) is 0 Å². The number of fused-ring (bicyclic) bond motifs is 1. The molecule has 5 heteroatoms. The molecule has 0 aliphatic rings. The average Bonchev–Trinajstić information content (AvgIpc) is 2.41. The second-order valence-electron chi connectivity index (χ2n) is 3.20. The van der Waals surface area contributed by atoms with Crippen molar-refractivity contribution in [1.29, 1.82) is 0 Å². The van der Waals surface area contributed by atoms with Crippen LogP contribution in [0.1, 0.15) is 0 Å². The smallest absolute Gasteiger partial charge is 0.178 e. The lowest BCUT2D eigenvalue weighted by Gasteiger charge is -2.01. The molecule has 0 amide bonds. The fraction of sp³-hybridized carbons (Fsp3) is 0.100. The van der Waals surface area contributed by atoms with E-state index in [1.54, 1.807) is 0 Å². The van der Waals surface area contributed by atoms with Crippen molar-refractivity contribution in [3.05, 3.63) is 39.6 Å². The first-order valence-corrected chi connectivity index (χ1v) is 5.45. The van der Waals surface area contributed by atoms with E-state index in [0.717, 1.165) is 11.0 Å². The first-order chi connectivity index (χ1) is 7.08. The molecule has 0 saturated carbocycles. The summed E-state index contributed by atoms with van der Waals surface area (Å²) in [5.41, 5.74) is 1.89. The van der Waals surface area contributed by atoms with Gasteiger partial charge in [-0.2, -0.15) is 0 Å². The summed E-state index contributed by atoms with van der Waals surface area (Å²) in [5, 5.41) is 1.22. The van der Waals surface area contributed by atoms with Crippen molar-refractivity contribution in [3.63, 3.8) is 0 Å². The maximum absolute atomic E-state index is 5.88. The van der Waals surface area contributed by atoms with Gasteiger partial charge in [-0.05, 0) is 30.4 Å². The number of halogens is 2. The molecule has 0 aliphatic heterocycles. The molecule has 1 aromatic carbocycles. The van der Waals surface area contributed by atoms with Crippen molar-refractivity contribution < 1.29 is 0 Å². The SMILES string of the molecule is C=C(Cl)Cn1c(=S)[nH]c2cc(Cl)ccc21. The number of hydrogen-bond acceptors (Lipinski definition) is 1. The zero-order chi connectivity index (χ0) is 11.0. The Labute approximate surface area is 102 Å². The number of hydrogen-bond donors (Lipinski definition) is 1. The first kappa shape index (κ1) is 10.7. The van der Waals surface area contributed by atoms with E-state index >= 15 is 0 Å². The van der Waals surface area contributed by atoms with Crippen molar-refractivity contribution in [1.82, 2.24) is 9.55 Å². The molecule has 1 aromatic heterocycles. The van der Waals surface area contributed by atoms with Gasteiger partial charge in [0.25, 0.3) is 0 Å². The van der Waals surface area contributed by atoms with Gasteiger partial charge in [0, 0.05) is 10.1 Å². The number of aromatic amines is 1. The zero-order valence-corrected chi connectivity index (χ0v) is 10.1. The van der Waals surface area contributed by atoms with Crippen LogP contribution in [0.25, 0.3) is 11.0 Å². The fourth-order valence-electron chi connectivity index (χ4n) is 1.46. The van der Waals surface area contributed by atoms with Gasteiger partial charge >= 0.3 is 0 Å². The maximum atomic E-state index is 5.88. The molecule has 0 atom stereocenters. The minimum Gasteiger partial charge on any atom is -0.331 e. The summed E-state index contributed by atoms with van der Waals surface area (Å²) in [7, 11) is 0. The van der Waals surface area contributed by atoms with Gasteiger partial charge in [-0.3, -0.25) is 0 Å². The van der Waals surface area contributed by atoms with Crippen LogP contribution in [0, 0.1) is 4.77 Å². The first-order valence-electron chi connectivity index (χ1n) is 4.29. The van der Waals surface area contributed by atoms with E-state index in [2.05, 4.69) is 11.6 Å². The Bertz CT molecular complexity index is 583. The molecule has 1 N–H and O–H groups in total. The van der Waals surface area contributed by atoms with Crippen molar-refractivity contribution in [2.75, 3.05) is 0 Å². The number of allylic oxidation sites excluding steroid dienone is 1. The second kappa shape index (κ2) is 4.00. The summed E-state index contributed by atoms with van der Waals surface area (Å²) < 4.78 is 2.50. The number of H-pyrrole nitrogens is 1. The summed E-state index contributed by atoms with van der Waals surface area (Å²) in [6.07, 6.45) is 0. The van der Waals surface area contributed by atoms with E-state index in [-0.39, 0.29) is 0 Å². The number of rotatable bonds is 2. The van der Waals surface area contributed by atoms with Gasteiger partial charge in [0.05, 0.1) is 17.6 Å². The van der Waals surface area contributed by atoms with E-state index in [1.807, 2.05) is 22.8 Å². The Morgan fingerprint density at radius 2 is 2.27 bits per heavy atom. The normalized spacial score (nSPS) is 10.8. The molecule has 2 rings (SSSR count). The van der Waals surface area contributed by atoms with Gasteiger partial charge < -0.3 is 9.55 Å². The summed E-state index contributed by atoms with van der Waals surface area (Å²) in [4.78, 5) is 3.07.